The fraction of sp³-hybridized carbons (Fsp3) is 0.0500. The van der Waals surface area contributed by atoms with Gasteiger partial charge in [-0.1, -0.05) is 36.4 Å². The van der Waals surface area contributed by atoms with Gasteiger partial charge in [-0.05, 0) is 48.7 Å². The molecule has 0 atom stereocenters. The van der Waals surface area contributed by atoms with E-state index in [1.165, 1.54) is 0 Å². The van der Waals surface area contributed by atoms with Gasteiger partial charge in [0.2, 0.25) is 0 Å². The van der Waals surface area contributed by atoms with Gasteiger partial charge in [0.1, 0.15) is 0 Å². The van der Waals surface area contributed by atoms with Gasteiger partial charge < -0.3 is 10.6 Å². The first-order valence-electron chi connectivity index (χ1n) is 7.63. The fourth-order valence-corrected chi connectivity index (χ4v) is 2.99. The van der Waals surface area contributed by atoms with Crippen LogP contribution in [0.25, 0.3) is 0 Å². The molecule has 0 saturated carbocycles. The van der Waals surface area contributed by atoms with Crippen molar-refractivity contribution >= 4 is 34.7 Å². The van der Waals surface area contributed by atoms with Crippen molar-refractivity contribution in [1.82, 2.24) is 0 Å². The number of carbonyl (C=O) groups is 1. The Kier molecular flexibility index (Phi) is 5.18. The molecule has 0 aliphatic heterocycles. The molecule has 3 aromatic rings. The second kappa shape index (κ2) is 7.70. The molecule has 0 fully saturated rings. The van der Waals surface area contributed by atoms with Crippen LogP contribution in [-0.4, -0.2) is 12.2 Å². The first-order valence-corrected chi connectivity index (χ1v) is 8.85. The van der Waals surface area contributed by atoms with E-state index >= 15 is 0 Å². The van der Waals surface area contributed by atoms with E-state index in [4.69, 9.17) is 0 Å². The molecular weight excluding hydrogens is 316 g/mol. The molecule has 120 valence electrons. The highest BCUT2D eigenvalue weighted by atomic mass is 32.2. The SMILES string of the molecule is CSc1ccccc1C(=O)Nc1cccc(Nc2ccccc2)c1. The Balaban J connectivity index is 1.76. The Morgan fingerprint density at radius 2 is 1.46 bits per heavy atom. The van der Waals surface area contributed by atoms with Gasteiger partial charge in [0, 0.05) is 22.0 Å². The van der Waals surface area contributed by atoms with Crippen molar-refractivity contribution in [2.24, 2.45) is 0 Å². The van der Waals surface area contributed by atoms with Crippen molar-refractivity contribution in [2.75, 3.05) is 16.9 Å². The van der Waals surface area contributed by atoms with Gasteiger partial charge in [0.25, 0.3) is 5.91 Å². The van der Waals surface area contributed by atoms with Crippen LogP contribution in [0.3, 0.4) is 0 Å². The molecule has 0 radical (unpaired) electrons. The summed E-state index contributed by atoms with van der Waals surface area (Å²) in [6, 6.07) is 25.2. The second-order valence-corrected chi connectivity index (χ2v) is 6.07. The molecule has 0 saturated heterocycles. The molecule has 0 heterocycles. The lowest BCUT2D eigenvalue weighted by Gasteiger charge is -2.11. The molecule has 0 bridgehead atoms. The lowest BCUT2D eigenvalue weighted by atomic mass is 10.2. The highest BCUT2D eigenvalue weighted by Crippen LogP contribution is 2.23. The third-order valence-corrected chi connectivity index (χ3v) is 4.33. The molecule has 2 N–H and O–H groups in total. The number of carbonyl (C=O) groups excluding carboxylic acids is 1. The average molecular weight is 334 g/mol. The molecule has 3 aromatic carbocycles. The number of nitrogens with one attached hydrogen (secondary N) is 2. The summed E-state index contributed by atoms with van der Waals surface area (Å²) in [6.07, 6.45) is 1.97. The topological polar surface area (TPSA) is 41.1 Å². The van der Waals surface area contributed by atoms with Crippen LogP contribution < -0.4 is 10.6 Å². The standard InChI is InChI=1S/C20H18N2OS/c1-24-19-13-6-5-12-18(19)20(23)22-17-11-7-10-16(14-17)21-15-8-3-2-4-9-15/h2-14,21H,1H3,(H,22,23). The maximum atomic E-state index is 12.5. The molecule has 0 unspecified atom stereocenters. The number of para-hydroxylation sites is 1. The fourth-order valence-electron chi connectivity index (χ4n) is 2.39. The Hall–Kier alpha value is -2.72. The molecular formula is C20H18N2OS. The predicted molar refractivity (Wildman–Crippen MR) is 102 cm³/mol. The van der Waals surface area contributed by atoms with Crippen molar-refractivity contribution < 1.29 is 4.79 Å². The number of hydrogen-bond donors (Lipinski definition) is 2. The van der Waals surface area contributed by atoms with E-state index in [-0.39, 0.29) is 5.91 Å². The number of benzene rings is 3. The Labute approximate surface area is 146 Å². The maximum absolute atomic E-state index is 12.5. The molecule has 0 aliphatic carbocycles. The minimum atomic E-state index is -0.100. The largest absolute Gasteiger partial charge is 0.355 e. The Morgan fingerprint density at radius 1 is 0.792 bits per heavy atom. The van der Waals surface area contributed by atoms with Crippen molar-refractivity contribution in [1.29, 1.82) is 0 Å². The van der Waals surface area contributed by atoms with E-state index in [0.29, 0.717) is 5.56 Å². The third kappa shape index (κ3) is 3.97. The molecule has 3 nitrogen and oxygen atoms in total. The van der Waals surface area contributed by atoms with E-state index < -0.39 is 0 Å². The minimum Gasteiger partial charge on any atom is -0.355 e. The van der Waals surface area contributed by atoms with Crippen LogP contribution in [0, 0.1) is 0 Å². The molecule has 3 rings (SSSR count). The number of thioether (sulfide) groups is 1. The highest BCUT2D eigenvalue weighted by Gasteiger charge is 2.10. The van der Waals surface area contributed by atoms with Crippen LogP contribution in [-0.2, 0) is 0 Å². The van der Waals surface area contributed by atoms with Gasteiger partial charge in [-0.2, -0.15) is 0 Å². The second-order valence-electron chi connectivity index (χ2n) is 5.23. The van der Waals surface area contributed by atoms with Crippen LogP contribution in [0.2, 0.25) is 0 Å². The molecule has 4 heteroatoms. The quantitative estimate of drug-likeness (QED) is 0.613. The van der Waals surface area contributed by atoms with E-state index in [0.717, 1.165) is 22.0 Å². The molecule has 0 spiro atoms. The summed E-state index contributed by atoms with van der Waals surface area (Å²) < 4.78 is 0. The van der Waals surface area contributed by atoms with Gasteiger partial charge >= 0.3 is 0 Å². The van der Waals surface area contributed by atoms with Crippen LogP contribution in [0.4, 0.5) is 17.1 Å². The molecule has 1 amide bonds. The lowest BCUT2D eigenvalue weighted by molar-refractivity contribution is 0.102. The van der Waals surface area contributed by atoms with Gasteiger partial charge in [-0.3, -0.25) is 4.79 Å². The van der Waals surface area contributed by atoms with Gasteiger partial charge in [-0.25, -0.2) is 0 Å². The first kappa shape index (κ1) is 16.1. The van der Waals surface area contributed by atoms with Crippen molar-refractivity contribution in [3.05, 3.63) is 84.4 Å². The Morgan fingerprint density at radius 3 is 2.25 bits per heavy atom. The molecule has 24 heavy (non-hydrogen) atoms. The maximum Gasteiger partial charge on any atom is 0.256 e. The monoisotopic (exact) mass is 334 g/mol. The normalized spacial score (nSPS) is 10.2. The summed E-state index contributed by atoms with van der Waals surface area (Å²) in [5, 5.41) is 6.29. The van der Waals surface area contributed by atoms with Crippen molar-refractivity contribution in [2.45, 2.75) is 4.90 Å². The third-order valence-electron chi connectivity index (χ3n) is 3.53. The van der Waals surface area contributed by atoms with E-state index in [1.54, 1.807) is 11.8 Å². The highest BCUT2D eigenvalue weighted by molar-refractivity contribution is 7.98. The van der Waals surface area contributed by atoms with Crippen LogP contribution in [0.1, 0.15) is 10.4 Å². The average Bonchev–Trinajstić information content (AvgIpc) is 2.63. The van der Waals surface area contributed by atoms with E-state index in [9.17, 15) is 4.79 Å². The number of rotatable bonds is 5. The minimum absolute atomic E-state index is 0.100. The van der Waals surface area contributed by atoms with Crippen LogP contribution in [0.5, 0.6) is 0 Å². The van der Waals surface area contributed by atoms with E-state index in [2.05, 4.69) is 10.6 Å². The Bertz CT molecular complexity index is 834. The number of hydrogen-bond acceptors (Lipinski definition) is 3. The summed E-state index contributed by atoms with van der Waals surface area (Å²) in [7, 11) is 0. The van der Waals surface area contributed by atoms with Gasteiger partial charge in [0.15, 0.2) is 0 Å². The zero-order chi connectivity index (χ0) is 16.8. The predicted octanol–water partition coefficient (Wildman–Crippen LogP) is 5.40. The summed E-state index contributed by atoms with van der Waals surface area (Å²) >= 11 is 1.57. The van der Waals surface area contributed by atoms with Gasteiger partial charge in [0.05, 0.1) is 5.56 Å². The van der Waals surface area contributed by atoms with Crippen molar-refractivity contribution in [3.8, 4) is 0 Å². The molecule has 0 aliphatic rings. The van der Waals surface area contributed by atoms with Crippen LogP contribution >= 0.6 is 11.8 Å². The van der Waals surface area contributed by atoms with Crippen LogP contribution in [0.15, 0.2) is 83.8 Å². The summed E-state index contributed by atoms with van der Waals surface area (Å²) in [5.74, 6) is -0.100. The van der Waals surface area contributed by atoms with Gasteiger partial charge in [-0.15, -0.1) is 11.8 Å². The first-order chi connectivity index (χ1) is 11.8. The zero-order valence-corrected chi connectivity index (χ0v) is 14.1. The summed E-state index contributed by atoms with van der Waals surface area (Å²) in [5.41, 5.74) is 3.38. The summed E-state index contributed by atoms with van der Waals surface area (Å²) in [6.45, 7) is 0. The number of anilines is 3. The number of amides is 1. The zero-order valence-electron chi connectivity index (χ0n) is 13.3. The smallest absolute Gasteiger partial charge is 0.256 e. The molecule has 0 aromatic heterocycles. The van der Waals surface area contributed by atoms with E-state index in [1.807, 2.05) is 85.1 Å². The summed E-state index contributed by atoms with van der Waals surface area (Å²) in [4.78, 5) is 13.5. The lowest BCUT2D eigenvalue weighted by Crippen LogP contribution is -2.13. The van der Waals surface area contributed by atoms with Crippen molar-refractivity contribution in [3.63, 3.8) is 0 Å².